The molecule has 1 aromatic heterocycles. The molecular formula is C15H20N4. The minimum absolute atomic E-state index is 0.547. The fraction of sp³-hybridized carbons (Fsp3) is 0.467. The molecule has 4 nitrogen and oxygen atoms in total. The Bertz CT molecular complexity index is 590. The Labute approximate surface area is 113 Å². The third-order valence-electron chi connectivity index (χ3n) is 3.40. The van der Waals surface area contributed by atoms with E-state index in [0.29, 0.717) is 17.8 Å². The highest BCUT2D eigenvalue weighted by Gasteiger charge is 2.31. The SMILES string of the molecule is CC(C)CN(c1nc2ccccc2nc1N)C1CC1. The number of aromatic nitrogens is 2. The van der Waals surface area contributed by atoms with Crippen LogP contribution in [-0.4, -0.2) is 22.6 Å². The van der Waals surface area contributed by atoms with Crippen LogP contribution >= 0.6 is 0 Å². The summed E-state index contributed by atoms with van der Waals surface area (Å²) < 4.78 is 0. The first-order valence-electron chi connectivity index (χ1n) is 6.94. The van der Waals surface area contributed by atoms with Gasteiger partial charge in [-0.15, -0.1) is 0 Å². The first-order chi connectivity index (χ1) is 9.15. The molecule has 1 aliphatic rings. The van der Waals surface area contributed by atoms with Crippen molar-refractivity contribution >= 4 is 22.7 Å². The van der Waals surface area contributed by atoms with Gasteiger partial charge in [-0.2, -0.15) is 0 Å². The lowest BCUT2D eigenvalue weighted by atomic mass is 10.2. The fourth-order valence-electron chi connectivity index (χ4n) is 2.40. The van der Waals surface area contributed by atoms with Gasteiger partial charge in [-0.25, -0.2) is 9.97 Å². The van der Waals surface area contributed by atoms with E-state index in [1.54, 1.807) is 0 Å². The Balaban J connectivity index is 2.04. The predicted molar refractivity (Wildman–Crippen MR) is 79.2 cm³/mol. The second kappa shape index (κ2) is 4.68. The molecule has 1 fully saturated rings. The highest BCUT2D eigenvalue weighted by atomic mass is 15.3. The van der Waals surface area contributed by atoms with Crippen LogP contribution in [0.1, 0.15) is 26.7 Å². The summed E-state index contributed by atoms with van der Waals surface area (Å²) in [5.74, 6) is 1.99. The summed E-state index contributed by atoms with van der Waals surface area (Å²) in [5, 5.41) is 0. The second-order valence-corrected chi connectivity index (χ2v) is 5.70. The van der Waals surface area contributed by atoms with Crippen LogP contribution in [-0.2, 0) is 0 Å². The molecule has 1 aliphatic carbocycles. The number of hydrogen-bond acceptors (Lipinski definition) is 4. The maximum absolute atomic E-state index is 6.11. The lowest BCUT2D eigenvalue weighted by Crippen LogP contribution is -2.31. The van der Waals surface area contributed by atoms with Crippen molar-refractivity contribution < 1.29 is 0 Å². The van der Waals surface area contributed by atoms with Gasteiger partial charge in [0.15, 0.2) is 11.6 Å². The van der Waals surface area contributed by atoms with Crippen LogP contribution in [0.2, 0.25) is 0 Å². The maximum atomic E-state index is 6.11. The minimum atomic E-state index is 0.547. The van der Waals surface area contributed by atoms with Crippen molar-refractivity contribution in [3.8, 4) is 0 Å². The quantitative estimate of drug-likeness (QED) is 0.914. The third kappa shape index (κ3) is 2.48. The van der Waals surface area contributed by atoms with Gasteiger partial charge in [-0.05, 0) is 30.9 Å². The topological polar surface area (TPSA) is 55.0 Å². The van der Waals surface area contributed by atoms with E-state index in [2.05, 4.69) is 23.7 Å². The van der Waals surface area contributed by atoms with Crippen molar-refractivity contribution in [1.29, 1.82) is 0 Å². The number of nitrogens with two attached hydrogens (primary N) is 1. The molecule has 1 saturated carbocycles. The van der Waals surface area contributed by atoms with Gasteiger partial charge in [0.2, 0.25) is 0 Å². The minimum Gasteiger partial charge on any atom is -0.381 e. The average Bonchev–Trinajstić information content (AvgIpc) is 3.19. The maximum Gasteiger partial charge on any atom is 0.172 e. The van der Waals surface area contributed by atoms with E-state index in [0.717, 1.165) is 23.4 Å². The van der Waals surface area contributed by atoms with Gasteiger partial charge in [0, 0.05) is 12.6 Å². The second-order valence-electron chi connectivity index (χ2n) is 5.70. The predicted octanol–water partition coefficient (Wildman–Crippen LogP) is 2.84. The van der Waals surface area contributed by atoms with E-state index in [-0.39, 0.29) is 0 Å². The summed E-state index contributed by atoms with van der Waals surface area (Å²) >= 11 is 0. The van der Waals surface area contributed by atoms with Gasteiger partial charge < -0.3 is 10.6 Å². The summed E-state index contributed by atoms with van der Waals surface area (Å²) in [6, 6.07) is 8.49. The van der Waals surface area contributed by atoms with Gasteiger partial charge in [0.05, 0.1) is 11.0 Å². The van der Waals surface area contributed by atoms with Gasteiger partial charge >= 0.3 is 0 Å². The first-order valence-corrected chi connectivity index (χ1v) is 6.94. The van der Waals surface area contributed by atoms with Crippen LogP contribution in [0.3, 0.4) is 0 Å². The summed E-state index contributed by atoms with van der Waals surface area (Å²) in [7, 11) is 0. The van der Waals surface area contributed by atoms with Gasteiger partial charge in [-0.1, -0.05) is 26.0 Å². The van der Waals surface area contributed by atoms with Crippen LogP contribution in [0.5, 0.6) is 0 Å². The number of nitrogen functional groups attached to an aromatic ring is 1. The Morgan fingerprint density at radius 3 is 2.42 bits per heavy atom. The Morgan fingerprint density at radius 2 is 1.84 bits per heavy atom. The molecule has 0 atom stereocenters. The monoisotopic (exact) mass is 256 g/mol. The molecule has 0 spiro atoms. The third-order valence-corrected chi connectivity index (χ3v) is 3.40. The van der Waals surface area contributed by atoms with Crippen molar-refractivity contribution in [3.05, 3.63) is 24.3 Å². The Morgan fingerprint density at radius 1 is 1.21 bits per heavy atom. The zero-order valence-electron chi connectivity index (χ0n) is 11.5. The molecule has 100 valence electrons. The number of anilines is 2. The smallest absolute Gasteiger partial charge is 0.172 e. The molecule has 1 aromatic carbocycles. The van der Waals surface area contributed by atoms with E-state index in [1.807, 2.05) is 24.3 Å². The summed E-state index contributed by atoms with van der Waals surface area (Å²) in [5.41, 5.74) is 7.90. The van der Waals surface area contributed by atoms with Gasteiger partial charge in [-0.3, -0.25) is 0 Å². The van der Waals surface area contributed by atoms with Crippen molar-refractivity contribution in [1.82, 2.24) is 9.97 Å². The standard InChI is InChI=1S/C15H20N4/c1-10(2)9-19(11-7-8-11)15-14(16)17-12-5-3-4-6-13(12)18-15/h3-6,10-11H,7-9H2,1-2H3,(H2,16,17). The molecule has 0 amide bonds. The molecule has 0 saturated heterocycles. The summed E-state index contributed by atoms with van der Waals surface area (Å²) in [4.78, 5) is 11.5. The number of hydrogen-bond donors (Lipinski definition) is 1. The number of fused-ring (bicyclic) bond motifs is 1. The highest BCUT2D eigenvalue weighted by Crippen LogP contribution is 2.34. The number of nitrogens with zero attached hydrogens (tertiary/aromatic N) is 3. The van der Waals surface area contributed by atoms with Crippen molar-refractivity contribution in [2.75, 3.05) is 17.2 Å². The number of para-hydroxylation sites is 2. The van der Waals surface area contributed by atoms with Crippen LogP contribution in [0.4, 0.5) is 11.6 Å². The molecule has 3 rings (SSSR count). The molecular weight excluding hydrogens is 236 g/mol. The van der Waals surface area contributed by atoms with E-state index in [4.69, 9.17) is 10.7 Å². The van der Waals surface area contributed by atoms with Gasteiger partial charge in [0.25, 0.3) is 0 Å². The van der Waals surface area contributed by atoms with Crippen molar-refractivity contribution in [2.45, 2.75) is 32.7 Å². The largest absolute Gasteiger partial charge is 0.381 e. The zero-order chi connectivity index (χ0) is 13.4. The molecule has 0 aliphatic heterocycles. The highest BCUT2D eigenvalue weighted by molar-refractivity contribution is 5.79. The van der Waals surface area contributed by atoms with E-state index in [1.165, 1.54) is 12.8 Å². The normalized spacial score (nSPS) is 15.1. The van der Waals surface area contributed by atoms with E-state index < -0.39 is 0 Å². The molecule has 2 N–H and O–H groups in total. The molecule has 19 heavy (non-hydrogen) atoms. The molecule has 2 aromatic rings. The molecule has 1 heterocycles. The first kappa shape index (κ1) is 12.2. The van der Waals surface area contributed by atoms with Gasteiger partial charge in [0.1, 0.15) is 0 Å². The number of benzene rings is 1. The molecule has 0 bridgehead atoms. The fourth-order valence-corrected chi connectivity index (χ4v) is 2.40. The van der Waals surface area contributed by atoms with Crippen molar-refractivity contribution in [3.63, 3.8) is 0 Å². The van der Waals surface area contributed by atoms with Crippen LogP contribution < -0.4 is 10.6 Å². The van der Waals surface area contributed by atoms with Crippen LogP contribution in [0.15, 0.2) is 24.3 Å². The Hall–Kier alpha value is -1.84. The molecule has 4 heteroatoms. The molecule has 0 radical (unpaired) electrons. The van der Waals surface area contributed by atoms with Crippen LogP contribution in [0, 0.1) is 5.92 Å². The lowest BCUT2D eigenvalue weighted by molar-refractivity contribution is 0.603. The van der Waals surface area contributed by atoms with E-state index >= 15 is 0 Å². The van der Waals surface area contributed by atoms with E-state index in [9.17, 15) is 0 Å². The summed E-state index contributed by atoms with van der Waals surface area (Å²) in [6.07, 6.45) is 2.47. The average molecular weight is 256 g/mol. The summed E-state index contributed by atoms with van der Waals surface area (Å²) in [6.45, 7) is 5.43. The number of rotatable bonds is 4. The van der Waals surface area contributed by atoms with Crippen LogP contribution in [0.25, 0.3) is 11.0 Å². The zero-order valence-corrected chi connectivity index (χ0v) is 11.5. The molecule has 0 unspecified atom stereocenters. The Kier molecular flexibility index (Phi) is 3.01. The van der Waals surface area contributed by atoms with Crippen molar-refractivity contribution in [2.24, 2.45) is 5.92 Å². The lowest BCUT2D eigenvalue weighted by Gasteiger charge is -2.26.